The molecule has 0 radical (unpaired) electrons. The van der Waals surface area contributed by atoms with Crippen LogP contribution < -0.4 is 0 Å². The molecular formula is C19H22O3. The molecule has 2 unspecified atom stereocenters. The van der Waals surface area contributed by atoms with Gasteiger partial charge in [-0.3, -0.25) is 4.79 Å². The van der Waals surface area contributed by atoms with E-state index in [1.165, 1.54) is 0 Å². The summed E-state index contributed by atoms with van der Waals surface area (Å²) in [6.45, 7) is 7.36. The number of carbonyl (C=O) groups is 1. The van der Waals surface area contributed by atoms with Crippen molar-refractivity contribution in [2.75, 3.05) is 0 Å². The van der Waals surface area contributed by atoms with E-state index in [-0.39, 0.29) is 17.3 Å². The Kier molecular flexibility index (Phi) is 4.55. The number of hydrogen-bond acceptors (Lipinski definition) is 3. The molecule has 2 aromatic carbocycles. The van der Waals surface area contributed by atoms with Gasteiger partial charge in [0.05, 0.1) is 0 Å². The van der Waals surface area contributed by atoms with Gasteiger partial charge in [0.2, 0.25) is 0 Å². The summed E-state index contributed by atoms with van der Waals surface area (Å²) in [5.41, 5.74) is 3.14. The van der Waals surface area contributed by atoms with Crippen LogP contribution in [0.25, 0.3) is 0 Å². The second-order valence-electron chi connectivity index (χ2n) is 5.97. The number of benzene rings is 2. The lowest BCUT2D eigenvalue weighted by atomic mass is 9.84. The van der Waals surface area contributed by atoms with Gasteiger partial charge in [0, 0.05) is 23.0 Å². The Bertz CT molecular complexity index is 644. The van der Waals surface area contributed by atoms with Crippen molar-refractivity contribution in [3.8, 4) is 11.5 Å². The lowest BCUT2D eigenvalue weighted by Crippen LogP contribution is -2.17. The van der Waals surface area contributed by atoms with Crippen LogP contribution in [-0.2, 0) is 4.79 Å². The average molecular weight is 298 g/mol. The van der Waals surface area contributed by atoms with Crippen LogP contribution in [0.5, 0.6) is 11.5 Å². The number of hydrogen-bond donors (Lipinski definition) is 2. The number of phenols is 2. The number of ketones is 1. The van der Waals surface area contributed by atoms with Gasteiger partial charge in [0.25, 0.3) is 0 Å². The van der Waals surface area contributed by atoms with Crippen LogP contribution in [0.4, 0.5) is 0 Å². The summed E-state index contributed by atoms with van der Waals surface area (Å²) in [6.07, 6.45) is 0. The molecule has 0 aliphatic heterocycles. The first-order chi connectivity index (χ1) is 10.3. The Labute approximate surface area is 131 Å². The van der Waals surface area contributed by atoms with E-state index in [0.29, 0.717) is 11.1 Å². The molecule has 0 amide bonds. The third-order valence-corrected chi connectivity index (χ3v) is 4.16. The standard InChI is InChI=1S/C19H22O3/c1-11-5-7-15(17(20)9-11)13(3)19(22)14(4)16-8-6-12(2)10-18(16)21/h5-10,13-14,20-21H,1-4H3. The quantitative estimate of drug-likeness (QED) is 0.889. The lowest BCUT2D eigenvalue weighted by Gasteiger charge is -2.19. The second-order valence-corrected chi connectivity index (χ2v) is 5.97. The third kappa shape index (κ3) is 3.14. The van der Waals surface area contributed by atoms with E-state index < -0.39 is 11.8 Å². The molecule has 22 heavy (non-hydrogen) atoms. The van der Waals surface area contributed by atoms with Crippen LogP contribution >= 0.6 is 0 Å². The van der Waals surface area contributed by atoms with Crippen molar-refractivity contribution in [1.29, 1.82) is 0 Å². The minimum atomic E-state index is -0.434. The number of rotatable bonds is 4. The van der Waals surface area contributed by atoms with Crippen molar-refractivity contribution in [3.63, 3.8) is 0 Å². The largest absolute Gasteiger partial charge is 0.508 e. The first-order valence-electron chi connectivity index (χ1n) is 7.44. The minimum absolute atomic E-state index is 0.0293. The molecule has 116 valence electrons. The number of Topliss-reactive ketones (excluding diaryl/α,β-unsaturated/α-hetero) is 1. The summed E-state index contributed by atoms with van der Waals surface area (Å²) < 4.78 is 0. The van der Waals surface area contributed by atoms with Crippen molar-refractivity contribution in [3.05, 3.63) is 58.7 Å². The fourth-order valence-electron chi connectivity index (χ4n) is 2.72. The van der Waals surface area contributed by atoms with Crippen LogP contribution in [0.2, 0.25) is 0 Å². The van der Waals surface area contributed by atoms with Gasteiger partial charge >= 0.3 is 0 Å². The highest BCUT2D eigenvalue weighted by Crippen LogP contribution is 2.34. The van der Waals surface area contributed by atoms with Gasteiger partial charge in [-0.25, -0.2) is 0 Å². The van der Waals surface area contributed by atoms with Gasteiger partial charge < -0.3 is 10.2 Å². The molecule has 3 heteroatoms. The maximum absolute atomic E-state index is 12.7. The zero-order valence-electron chi connectivity index (χ0n) is 13.4. The molecule has 0 saturated carbocycles. The lowest BCUT2D eigenvalue weighted by molar-refractivity contribution is -0.121. The summed E-state index contributed by atoms with van der Waals surface area (Å²) in [7, 11) is 0. The number of phenolic OH excluding ortho intramolecular Hbond substituents is 2. The van der Waals surface area contributed by atoms with Gasteiger partial charge in [-0.15, -0.1) is 0 Å². The molecule has 0 aliphatic carbocycles. The molecule has 0 saturated heterocycles. The van der Waals surface area contributed by atoms with Crippen molar-refractivity contribution in [1.82, 2.24) is 0 Å². The fraction of sp³-hybridized carbons (Fsp3) is 0.316. The summed E-state index contributed by atoms with van der Waals surface area (Å²) in [5, 5.41) is 20.1. The number of aryl methyl sites for hydroxylation is 2. The van der Waals surface area contributed by atoms with Crippen LogP contribution in [-0.4, -0.2) is 16.0 Å². The zero-order chi connectivity index (χ0) is 16.4. The van der Waals surface area contributed by atoms with Crippen LogP contribution in [0, 0.1) is 13.8 Å². The summed E-state index contributed by atoms with van der Waals surface area (Å²) in [5.74, 6) is -0.617. The molecule has 3 nitrogen and oxygen atoms in total. The Morgan fingerprint density at radius 2 is 1.18 bits per heavy atom. The Hall–Kier alpha value is -2.29. The average Bonchev–Trinajstić information content (AvgIpc) is 2.45. The molecule has 0 fully saturated rings. The topological polar surface area (TPSA) is 57.5 Å². The molecule has 0 spiro atoms. The Morgan fingerprint density at radius 3 is 1.50 bits per heavy atom. The second kappa shape index (κ2) is 6.22. The van der Waals surface area contributed by atoms with Gasteiger partial charge in [-0.2, -0.15) is 0 Å². The zero-order valence-corrected chi connectivity index (χ0v) is 13.4. The SMILES string of the molecule is Cc1ccc(C(C)C(=O)C(C)c2ccc(C)cc2O)c(O)c1. The monoisotopic (exact) mass is 298 g/mol. The Morgan fingerprint density at radius 1 is 0.818 bits per heavy atom. The summed E-state index contributed by atoms with van der Waals surface area (Å²) in [4.78, 5) is 12.7. The molecule has 0 aromatic heterocycles. The van der Waals surface area contributed by atoms with E-state index in [9.17, 15) is 15.0 Å². The van der Waals surface area contributed by atoms with E-state index in [1.807, 2.05) is 26.0 Å². The third-order valence-electron chi connectivity index (χ3n) is 4.16. The van der Waals surface area contributed by atoms with Crippen molar-refractivity contribution in [2.24, 2.45) is 0 Å². The molecule has 0 heterocycles. The van der Waals surface area contributed by atoms with Gasteiger partial charge in [0.1, 0.15) is 17.3 Å². The van der Waals surface area contributed by atoms with Crippen molar-refractivity contribution >= 4 is 5.78 Å². The van der Waals surface area contributed by atoms with Crippen LogP contribution in [0.3, 0.4) is 0 Å². The highest BCUT2D eigenvalue weighted by atomic mass is 16.3. The Balaban J connectivity index is 2.29. The predicted octanol–water partition coefficient (Wildman–Crippen LogP) is 4.19. The highest BCUT2D eigenvalue weighted by molar-refractivity contribution is 5.92. The molecule has 0 aliphatic rings. The molecule has 0 bridgehead atoms. The molecule has 2 rings (SSSR count). The normalized spacial score (nSPS) is 13.6. The first kappa shape index (κ1) is 16.1. The number of carbonyl (C=O) groups excluding carboxylic acids is 1. The molecule has 2 N–H and O–H groups in total. The van der Waals surface area contributed by atoms with E-state index in [4.69, 9.17) is 0 Å². The van der Waals surface area contributed by atoms with Crippen LogP contribution in [0.1, 0.15) is 47.9 Å². The number of aromatic hydroxyl groups is 2. The predicted molar refractivity (Wildman–Crippen MR) is 87.5 cm³/mol. The smallest absolute Gasteiger partial charge is 0.147 e. The fourth-order valence-corrected chi connectivity index (χ4v) is 2.72. The van der Waals surface area contributed by atoms with Crippen molar-refractivity contribution in [2.45, 2.75) is 39.5 Å². The molecule has 2 aromatic rings. The van der Waals surface area contributed by atoms with Crippen molar-refractivity contribution < 1.29 is 15.0 Å². The van der Waals surface area contributed by atoms with E-state index in [0.717, 1.165) is 11.1 Å². The maximum Gasteiger partial charge on any atom is 0.147 e. The summed E-state index contributed by atoms with van der Waals surface area (Å²) >= 11 is 0. The van der Waals surface area contributed by atoms with Gasteiger partial charge in [-0.1, -0.05) is 38.1 Å². The van der Waals surface area contributed by atoms with Crippen LogP contribution in [0.15, 0.2) is 36.4 Å². The molecule has 2 atom stereocenters. The first-order valence-corrected chi connectivity index (χ1v) is 7.44. The maximum atomic E-state index is 12.7. The van der Waals surface area contributed by atoms with Gasteiger partial charge in [0.15, 0.2) is 0 Å². The minimum Gasteiger partial charge on any atom is -0.508 e. The van der Waals surface area contributed by atoms with E-state index >= 15 is 0 Å². The summed E-state index contributed by atoms with van der Waals surface area (Å²) in [6, 6.07) is 10.7. The van der Waals surface area contributed by atoms with E-state index in [2.05, 4.69) is 0 Å². The highest BCUT2D eigenvalue weighted by Gasteiger charge is 2.26. The van der Waals surface area contributed by atoms with Gasteiger partial charge in [-0.05, 0) is 37.1 Å². The molecular weight excluding hydrogens is 276 g/mol. The van der Waals surface area contributed by atoms with E-state index in [1.54, 1.807) is 38.1 Å².